The van der Waals surface area contributed by atoms with Gasteiger partial charge in [-0.1, -0.05) is 0 Å². The van der Waals surface area contributed by atoms with Crippen molar-refractivity contribution in [1.29, 1.82) is 0 Å². The van der Waals surface area contributed by atoms with E-state index < -0.39 is 0 Å². The zero-order valence-corrected chi connectivity index (χ0v) is 12.8. The molecule has 0 aromatic carbocycles. The van der Waals surface area contributed by atoms with E-state index in [9.17, 15) is 4.79 Å². The van der Waals surface area contributed by atoms with Crippen LogP contribution in [0.25, 0.3) is 11.0 Å². The van der Waals surface area contributed by atoms with Crippen molar-refractivity contribution < 1.29 is 9.53 Å². The van der Waals surface area contributed by atoms with E-state index in [0.717, 1.165) is 11.0 Å². The molecule has 0 saturated carbocycles. The maximum atomic E-state index is 11.3. The zero-order valence-electron chi connectivity index (χ0n) is 11.3. The van der Waals surface area contributed by atoms with Gasteiger partial charge in [-0.15, -0.1) is 0 Å². The molecule has 2 aromatic heterocycles. The predicted octanol–water partition coefficient (Wildman–Crippen LogP) is 1.63. The van der Waals surface area contributed by atoms with Crippen LogP contribution in [0, 0.1) is 5.92 Å². The number of nitrogens with zero attached hydrogens (tertiary/aromatic N) is 3. The van der Waals surface area contributed by atoms with Crippen LogP contribution in [-0.4, -0.2) is 33.1 Å². The van der Waals surface area contributed by atoms with E-state index in [1.807, 2.05) is 24.6 Å². The van der Waals surface area contributed by atoms with Gasteiger partial charge in [-0.05, 0) is 28.9 Å². The van der Waals surface area contributed by atoms with Crippen LogP contribution in [0.3, 0.4) is 0 Å². The second-order valence-electron chi connectivity index (χ2n) is 5.06. The van der Waals surface area contributed by atoms with Crippen LogP contribution < -0.4 is 10.1 Å². The number of aryl methyl sites for hydroxylation is 1. The first-order chi connectivity index (χ1) is 9.54. The van der Waals surface area contributed by atoms with E-state index in [-0.39, 0.29) is 17.9 Å². The van der Waals surface area contributed by atoms with Crippen molar-refractivity contribution in [3.05, 3.63) is 17.0 Å². The Labute approximate surface area is 124 Å². The highest BCUT2D eigenvalue weighted by Crippen LogP contribution is 2.28. The minimum absolute atomic E-state index is 0.0818. The molecule has 6 nitrogen and oxygen atoms in total. The maximum absolute atomic E-state index is 11.3. The largest absolute Gasteiger partial charge is 0.473 e. The van der Waals surface area contributed by atoms with Crippen molar-refractivity contribution in [3.8, 4) is 5.88 Å². The highest BCUT2D eigenvalue weighted by atomic mass is 79.9. The Balaban J connectivity index is 1.90. The average molecular weight is 339 g/mol. The number of amides is 1. The molecule has 106 valence electrons. The fourth-order valence-electron chi connectivity index (χ4n) is 2.42. The van der Waals surface area contributed by atoms with Crippen LogP contribution in [0.4, 0.5) is 0 Å². The number of pyridine rings is 1. The summed E-state index contributed by atoms with van der Waals surface area (Å²) in [5, 5.41) is 2.83. The van der Waals surface area contributed by atoms with Gasteiger partial charge < -0.3 is 14.6 Å². The van der Waals surface area contributed by atoms with Crippen LogP contribution in [0.15, 0.2) is 17.0 Å². The lowest BCUT2D eigenvalue weighted by molar-refractivity contribution is -0.119. The molecular weight excluding hydrogens is 324 g/mol. The van der Waals surface area contributed by atoms with Crippen LogP contribution in [0.5, 0.6) is 5.88 Å². The maximum Gasteiger partial charge on any atom is 0.241 e. The second kappa shape index (κ2) is 5.05. The minimum Gasteiger partial charge on any atom is -0.473 e. The van der Waals surface area contributed by atoms with Gasteiger partial charge in [-0.3, -0.25) is 4.79 Å². The number of hydrogen-bond donors (Lipinski definition) is 1. The SMILES string of the molecule is CC(Oc1nc(Br)cc2ncn(C)c12)C1CNC(=O)C1. The lowest BCUT2D eigenvalue weighted by atomic mass is 10.0. The molecule has 2 aromatic rings. The highest BCUT2D eigenvalue weighted by Gasteiger charge is 2.28. The summed E-state index contributed by atoms with van der Waals surface area (Å²) in [7, 11) is 1.91. The Morgan fingerprint density at radius 2 is 2.40 bits per heavy atom. The molecule has 1 aliphatic heterocycles. The summed E-state index contributed by atoms with van der Waals surface area (Å²) in [6.07, 6.45) is 2.15. The quantitative estimate of drug-likeness (QED) is 0.863. The first kappa shape index (κ1) is 13.4. The number of carbonyl (C=O) groups excluding carboxylic acids is 1. The molecule has 0 aliphatic carbocycles. The van der Waals surface area contributed by atoms with Gasteiger partial charge >= 0.3 is 0 Å². The highest BCUT2D eigenvalue weighted by molar-refractivity contribution is 9.10. The number of nitrogens with one attached hydrogen (secondary N) is 1. The number of fused-ring (bicyclic) bond motifs is 1. The molecule has 1 N–H and O–H groups in total. The molecule has 1 fully saturated rings. The Morgan fingerprint density at radius 3 is 3.10 bits per heavy atom. The minimum atomic E-state index is -0.0890. The van der Waals surface area contributed by atoms with Gasteiger partial charge in [0.2, 0.25) is 11.8 Å². The molecule has 20 heavy (non-hydrogen) atoms. The van der Waals surface area contributed by atoms with Gasteiger partial charge in [0.05, 0.1) is 11.8 Å². The summed E-state index contributed by atoms with van der Waals surface area (Å²) >= 11 is 3.37. The van der Waals surface area contributed by atoms with Crippen LogP contribution in [0.2, 0.25) is 0 Å². The summed E-state index contributed by atoms with van der Waals surface area (Å²) in [5.74, 6) is 0.797. The Morgan fingerprint density at radius 1 is 1.60 bits per heavy atom. The molecule has 1 saturated heterocycles. The molecular formula is C13H15BrN4O2. The van der Waals surface area contributed by atoms with Crippen molar-refractivity contribution in [2.45, 2.75) is 19.4 Å². The molecule has 0 spiro atoms. The van der Waals surface area contributed by atoms with Gasteiger partial charge in [0.1, 0.15) is 16.2 Å². The topological polar surface area (TPSA) is 69.0 Å². The smallest absolute Gasteiger partial charge is 0.241 e. The molecule has 2 atom stereocenters. The molecule has 0 bridgehead atoms. The Hall–Kier alpha value is -1.63. The van der Waals surface area contributed by atoms with Crippen LogP contribution >= 0.6 is 15.9 Å². The van der Waals surface area contributed by atoms with Gasteiger partial charge in [0, 0.05) is 25.9 Å². The van der Waals surface area contributed by atoms with Crippen molar-refractivity contribution >= 4 is 32.9 Å². The molecule has 3 rings (SSSR count). The molecule has 1 amide bonds. The Kier molecular flexibility index (Phi) is 3.37. The van der Waals surface area contributed by atoms with E-state index in [4.69, 9.17) is 4.74 Å². The van der Waals surface area contributed by atoms with Crippen molar-refractivity contribution in [2.24, 2.45) is 13.0 Å². The lowest BCUT2D eigenvalue weighted by Crippen LogP contribution is -2.26. The van der Waals surface area contributed by atoms with Crippen LogP contribution in [-0.2, 0) is 11.8 Å². The normalized spacial score (nSPS) is 20.1. The third-order valence-electron chi connectivity index (χ3n) is 3.60. The van der Waals surface area contributed by atoms with E-state index >= 15 is 0 Å². The van der Waals surface area contributed by atoms with Gasteiger partial charge in [-0.2, -0.15) is 0 Å². The fourth-order valence-corrected chi connectivity index (χ4v) is 2.80. The van der Waals surface area contributed by atoms with Crippen LogP contribution in [0.1, 0.15) is 13.3 Å². The van der Waals surface area contributed by atoms with E-state index in [0.29, 0.717) is 23.4 Å². The number of hydrogen-bond acceptors (Lipinski definition) is 4. The summed E-state index contributed by atoms with van der Waals surface area (Å²) < 4.78 is 8.56. The zero-order chi connectivity index (χ0) is 14.3. The summed E-state index contributed by atoms with van der Waals surface area (Å²) in [5.41, 5.74) is 1.69. The lowest BCUT2D eigenvalue weighted by Gasteiger charge is -2.19. The summed E-state index contributed by atoms with van der Waals surface area (Å²) in [6, 6.07) is 1.85. The number of imidazole rings is 1. The van der Waals surface area contributed by atoms with E-state index in [1.54, 1.807) is 6.33 Å². The van der Waals surface area contributed by atoms with Crippen molar-refractivity contribution in [2.75, 3.05) is 6.54 Å². The monoisotopic (exact) mass is 338 g/mol. The number of ether oxygens (including phenoxy) is 1. The molecule has 0 radical (unpaired) electrons. The number of carbonyl (C=O) groups is 1. The third-order valence-corrected chi connectivity index (χ3v) is 4.01. The average Bonchev–Trinajstić information content (AvgIpc) is 2.96. The summed E-state index contributed by atoms with van der Waals surface area (Å²) in [4.78, 5) is 20.0. The fraction of sp³-hybridized carbons (Fsp3) is 0.462. The van der Waals surface area contributed by atoms with E-state index in [1.165, 1.54) is 0 Å². The molecule has 7 heteroatoms. The summed E-state index contributed by atoms with van der Waals surface area (Å²) in [6.45, 7) is 2.62. The Bertz CT molecular complexity index is 670. The van der Waals surface area contributed by atoms with Gasteiger partial charge in [0.25, 0.3) is 0 Å². The molecule has 2 unspecified atom stereocenters. The molecule has 3 heterocycles. The predicted molar refractivity (Wildman–Crippen MR) is 77.4 cm³/mol. The van der Waals surface area contributed by atoms with Gasteiger partial charge in [0.15, 0.2) is 0 Å². The van der Waals surface area contributed by atoms with Crippen molar-refractivity contribution in [1.82, 2.24) is 19.9 Å². The third kappa shape index (κ3) is 2.37. The first-order valence-corrected chi connectivity index (χ1v) is 7.25. The van der Waals surface area contributed by atoms with Crippen molar-refractivity contribution in [3.63, 3.8) is 0 Å². The second-order valence-corrected chi connectivity index (χ2v) is 5.88. The number of rotatable bonds is 3. The number of aromatic nitrogens is 3. The standard InChI is InChI=1S/C13H15BrN4O2/c1-7(8-3-11(19)15-5-8)20-13-12-9(4-10(14)17-13)16-6-18(12)2/h4,6-8H,3,5H2,1-2H3,(H,15,19). The molecule has 1 aliphatic rings. The van der Waals surface area contributed by atoms with Gasteiger partial charge in [-0.25, -0.2) is 9.97 Å². The number of halogens is 1. The van der Waals surface area contributed by atoms with E-state index in [2.05, 4.69) is 31.2 Å². The first-order valence-electron chi connectivity index (χ1n) is 6.45.